The fourth-order valence-electron chi connectivity index (χ4n) is 8.20. The number of carbonyl (C=O) groups is 2. The fraction of sp³-hybridized carbons (Fsp3) is 0.304. The lowest BCUT2D eigenvalue weighted by atomic mass is 10.2. The van der Waals surface area contributed by atoms with Gasteiger partial charge in [0.05, 0.1) is 46.2 Å². The number of carbonyl (C=O) groups excluding carboxylic acids is 2. The first-order valence-corrected chi connectivity index (χ1v) is 21.4. The molecule has 1 aromatic carbocycles. The maximum Gasteiger partial charge on any atom is 0.336 e. The number of anilines is 5. The molecular formula is C46H51N13O5. The maximum absolute atomic E-state index is 13.3. The number of imidazole rings is 1. The van der Waals surface area contributed by atoms with Gasteiger partial charge in [-0.1, -0.05) is 12.1 Å². The Hall–Kier alpha value is -7.28. The number of nitrogens with one attached hydrogen (secondary N) is 4. The third kappa shape index (κ3) is 9.10. The predicted molar refractivity (Wildman–Crippen MR) is 246 cm³/mol. The number of likely N-dealkylation sites (N-methyl/N-ethyl adjacent to an activating group) is 1. The van der Waals surface area contributed by atoms with Crippen LogP contribution in [-0.4, -0.2) is 114 Å². The number of amides is 2. The molecule has 0 unspecified atom stereocenters. The van der Waals surface area contributed by atoms with Gasteiger partial charge < -0.3 is 49.7 Å². The summed E-state index contributed by atoms with van der Waals surface area (Å²) in [5, 5.41) is 12.6. The number of hydrogen-bond acceptors (Lipinski definition) is 14. The van der Waals surface area contributed by atoms with E-state index in [-0.39, 0.29) is 23.1 Å². The molecule has 0 aliphatic carbocycles. The van der Waals surface area contributed by atoms with Crippen LogP contribution in [0.5, 0.6) is 0 Å². The third-order valence-corrected chi connectivity index (χ3v) is 11.5. The Kier molecular flexibility index (Phi) is 12.5. The van der Waals surface area contributed by atoms with Gasteiger partial charge >= 0.3 is 5.69 Å². The maximum atomic E-state index is 13.3. The number of furan rings is 2. The normalized spacial score (nSPS) is 15.0. The highest BCUT2D eigenvalue weighted by Crippen LogP contribution is 2.31. The molecule has 18 nitrogen and oxygen atoms in total. The van der Waals surface area contributed by atoms with E-state index in [0.29, 0.717) is 29.7 Å². The second kappa shape index (κ2) is 19.0. The van der Waals surface area contributed by atoms with Crippen molar-refractivity contribution in [3.8, 4) is 5.88 Å². The summed E-state index contributed by atoms with van der Waals surface area (Å²) in [5.41, 5.74) is 6.97. The van der Waals surface area contributed by atoms with Gasteiger partial charge in [0.2, 0.25) is 5.88 Å². The van der Waals surface area contributed by atoms with Crippen molar-refractivity contribution in [3.05, 3.63) is 137 Å². The average molecular weight is 866 g/mol. The van der Waals surface area contributed by atoms with Gasteiger partial charge in [-0.25, -0.2) is 9.36 Å². The number of benzene rings is 1. The smallest absolute Gasteiger partial charge is 0.336 e. The van der Waals surface area contributed by atoms with Crippen LogP contribution in [0, 0.1) is 0 Å². The number of hydrogen-bond donors (Lipinski definition) is 4. The molecule has 0 bridgehead atoms. The Bertz CT molecular complexity index is 2770. The van der Waals surface area contributed by atoms with Crippen LogP contribution in [0.3, 0.4) is 0 Å². The first kappa shape index (κ1) is 42.0. The van der Waals surface area contributed by atoms with Crippen molar-refractivity contribution >= 4 is 51.5 Å². The number of para-hydroxylation sites is 2. The van der Waals surface area contributed by atoms with E-state index in [2.05, 4.69) is 50.9 Å². The number of nitrogens with zero attached hydrogens (tertiary/aromatic N) is 9. The topological polar surface area (TPSA) is 187 Å². The standard InChI is InChI=1S/C25H29N7O3.C21H22N6O2/c1-29(2)15-16-31-20-5-3-4-6-21(20)32(25(31)34)23-8-7-22(35-23)24(33)28-18-17-27-10-9-19(18)30-13-11-26-12-14-30;28-21(25-17-12-24-6-4-18(17)26-9-7-22-8-10-26)19-1-2-20(29-19)27-13-15-3-5-23-11-16(15)14-27/h3-10,17,26H,11-16H2,1-2H3,(H,28,33);1-6,11-12,22H,7-10,13-14H2,(H,25,28). The quantitative estimate of drug-likeness (QED) is 0.145. The SMILES string of the molecule is CN(C)CCn1c(=O)n(-c2ccc(C(=O)Nc3cnccc3N3CCNCC3)o2)c2ccccc21.O=C(Nc1cnccc1N1CCNCC1)c1ccc(N2Cc3ccncc3C2)o1. The first-order valence-electron chi connectivity index (χ1n) is 21.4. The number of rotatable bonds is 11. The Balaban J connectivity index is 0.000000165. The second-order valence-electron chi connectivity index (χ2n) is 16.0. The minimum Gasteiger partial charge on any atom is -0.435 e. The van der Waals surface area contributed by atoms with E-state index in [1.54, 1.807) is 53.8 Å². The van der Waals surface area contributed by atoms with Crippen molar-refractivity contribution in [2.45, 2.75) is 19.6 Å². The monoisotopic (exact) mass is 865 g/mol. The van der Waals surface area contributed by atoms with Gasteiger partial charge in [-0.3, -0.25) is 29.1 Å². The molecule has 9 heterocycles. The summed E-state index contributed by atoms with van der Waals surface area (Å²) in [4.78, 5) is 60.3. The summed E-state index contributed by atoms with van der Waals surface area (Å²) in [5.74, 6) is 0.703. The summed E-state index contributed by atoms with van der Waals surface area (Å²) in [6.45, 7) is 9.83. The summed E-state index contributed by atoms with van der Waals surface area (Å²) in [7, 11) is 3.94. The number of fused-ring (bicyclic) bond motifs is 2. The molecule has 3 aliphatic rings. The van der Waals surface area contributed by atoms with Gasteiger partial charge in [-0.2, -0.15) is 0 Å². The molecule has 0 radical (unpaired) electrons. The van der Waals surface area contributed by atoms with Crippen molar-refractivity contribution in [1.82, 2.24) is 39.6 Å². The molecular weight excluding hydrogens is 815 g/mol. The number of aromatic nitrogens is 5. The number of piperazine rings is 2. The van der Waals surface area contributed by atoms with Crippen molar-refractivity contribution in [3.63, 3.8) is 0 Å². The number of pyridine rings is 3. The molecule has 64 heavy (non-hydrogen) atoms. The molecule has 330 valence electrons. The largest absolute Gasteiger partial charge is 0.435 e. The van der Waals surface area contributed by atoms with Gasteiger partial charge in [0, 0.05) is 115 Å². The third-order valence-electron chi connectivity index (χ3n) is 11.5. The predicted octanol–water partition coefficient (Wildman–Crippen LogP) is 4.26. The molecule has 2 amide bonds. The summed E-state index contributed by atoms with van der Waals surface area (Å²) in [6, 6.07) is 20.2. The zero-order valence-corrected chi connectivity index (χ0v) is 35.9. The van der Waals surface area contributed by atoms with E-state index in [0.717, 1.165) is 94.4 Å². The minimum atomic E-state index is -0.398. The van der Waals surface area contributed by atoms with E-state index in [9.17, 15) is 14.4 Å². The van der Waals surface area contributed by atoms with Gasteiger partial charge in [-0.05, 0) is 67.7 Å². The lowest BCUT2D eigenvalue weighted by molar-refractivity contribution is 0.0989. The molecule has 6 aromatic heterocycles. The molecule has 18 heteroatoms. The molecule has 2 fully saturated rings. The first-order chi connectivity index (χ1) is 31.3. The Morgan fingerprint density at radius 2 is 1.17 bits per heavy atom. The average Bonchev–Trinajstić information content (AvgIpc) is 4.15. The van der Waals surface area contributed by atoms with Crippen molar-refractivity contribution in [2.75, 3.05) is 98.3 Å². The van der Waals surface area contributed by atoms with Gasteiger partial charge in [0.25, 0.3) is 11.8 Å². The summed E-state index contributed by atoms with van der Waals surface area (Å²) < 4.78 is 15.0. The molecule has 2 saturated heterocycles. The molecule has 3 aliphatic heterocycles. The van der Waals surface area contributed by atoms with Crippen LogP contribution >= 0.6 is 0 Å². The van der Waals surface area contributed by atoms with Crippen LogP contribution in [-0.2, 0) is 19.6 Å². The van der Waals surface area contributed by atoms with Crippen LogP contribution in [0.2, 0.25) is 0 Å². The molecule has 0 spiro atoms. The van der Waals surface area contributed by atoms with Gasteiger partial charge in [0.1, 0.15) is 0 Å². The highest BCUT2D eigenvalue weighted by Gasteiger charge is 2.25. The molecule has 4 N–H and O–H groups in total. The second-order valence-corrected chi connectivity index (χ2v) is 16.0. The van der Waals surface area contributed by atoms with E-state index >= 15 is 0 Å². The lowest BCUT2D eigenvalue weighted by Gasteiger charge is -2.30. The molecule has 10 rings (SSSR count). The molecule has 7 aromatic rings. The summed E-state index contributed by atoms with van der Waals surface area (Å²) >= 11 is 0. The van der Waals surface area contributed by atoms with E-state index in [1.165, 1.54) is 15.7 Å². The van der Waals surface area contributed by atoms with Crippen LogP contribution < -0.4 is 41.7 Å². The highest BCUT2D eigenvalue weighted by molar-refractivity contribution is 6.05. The Morgan fingerprint density at radius 1 is 0.641 bits per heavy atom. The van der Waals surface area contributed by atoms with Crippen molar-refractivity contribution < 1.29 is 18.4 Å². The molecule has 0 atom stereocenters. The summed E-state index contributed by atoms with van der Waals surface area (Å²) in [6.07, 6.45) is 10.5. The molecule has 0 saturated carbocycles. The van der Waals surface area contributed by atoms with E-state index < -0.39 is 5.91 Å². The Morgan fingerprint density at radius 3 is 1.77 bits per heavy atom. The van der Waals surface area contributed by atoms with Crippen LogP contribution in [0.25, 0.3) is 16.9 Å². The van der Waals surface area contributed by atoms with E-state index in [4.69, 9.17) is 8.83 Å². The van der Waals surface area contributed by atoms with Gasteiger partial charge in [0.15, 0.2) is 17.4 Å². The Labute approximate surface area is 369 Å². The van der Waals surface area contributed by atoms with Crippen molar-refractivity contribution in [2.24, 2.45) is 0 Å². The van der Waals surface area contributed by atoms with Crippen LogP contribution in [0.4, 0.5) is 28.6 Å². The zero-order chi connectivity index (χ0) is 44.0. The van der Waals surface area contributed by atoms with Gasteiger partial charge in [-0.15, -0.1) is 0 Å². The lowest BCUT2D eigenvalue weighted by Crippen LogP contribution is -2.43. The van der Waals surface area contributed by atoms with E-state index in [1.807, 2.05) is 73.7 Å². The van der Waals surface area contributed by atoms with Crippen molar-refractivity contribution in [1.29, 1.82) is 0 Å². The fourth-order valence-corrected chi connectivity index (χ4v) is 8.20. The zero-order valence-electron chi connectivity index (χ0n) is 35.9. The van der Waals surface area contributed by atoms with Crippen LogP contribution in [0.15, 0.2) is 118 Å². The highest BCUT2D eigenvalue weighted by atomic mass is 16.4. The minimum absolute atomic E-state index is 0.118. The van der Waals surface area contributed by atoms with Crippen LogP contribution in [0.1, 0.15) is 32.2 Å².